The Bertz CT molecular complexity index is 428. The minimum Gasteiger partial charge on any atom is -0.477 e. The number of rotatable bonds is 6. The second kappa shape index (κ2) is 6.10. The molecular formula is C15H21ClN2O. The van der Waals surface area contributed by atoms with Gasteiger partial charge in [-0.25, -0.2) is 4.98 Å². The van der Waals surface area contributed by atoms with E-state index in [1.807, 2.05) is 6.07 Å². The Morgan fingerprint density at radius 2 is 2.05 bits per heavy atom. The maximum atomic E-state index is 6.17. The van der Waals surface area contributed by atoms with Gasteiger partial charge in [0.1, 0.15) is 0 Å². The molecule has 1 aromatic heterocycles. The highest BCUT2D eigenvalue weighted by Gasteiger charge is 2.21. The molecule has 2 aliphatic rings. The fourth-order valence-electron chi connectivity index (χ4n) is 2.59. The Morgan fingerprint density at radius 1 is 1.26 bits per heavy atom. The number of nitrogens with zero attached hydrogens (tertiary/aromatic N) is 1. The molecule has 0 radical (unpaired) electrons. The third kappa shape index (κ3) is 3.83. The van der Waals surface area contributed by atoms with E-state index in [-0.39, 0.29) is 0 Å². The number of ether oxygens (including phenoxy) is 1. The van der Waals surface area contributed by atoms with Crippen molar-refractivity contribution in [3.05, 3.63) is 22.8 Å². The molecule has 0 amide bonds. The van der Waals surface area contributed by atoms with E-state index in [9.17, 15) is 0 Å². The molecule has 1 heterocycles. The Balaban J connectivity index is 1.55. The Morgan fingerprint density at radius 3 is 2.79 bits per heavy atom. The first-order valence-electron chi connectivity index (χ1n) is 7.32. The molecule has 0 atom stereocenters. The van der Waals surface area contributed by atoms with Crippen LogP contribution in [0.5, 0.6) is 5.88 Å². The molecule has 1 aromatic rings. The van der Waals surface area contributed by atoms with Crippen molar-refractivity contribution in [2.75, 3.05) is 6.61 Å². The number of aromatic nitrogens is 1. The molecule has 0 spiro atoms. The summed E-state index contributed by atoms with van der Waals surface area (Å²) in [6.45, 7) is 1.61. The SMILES string of the molecule is Clc1cnc(OCC2CCCC2)cc1CNC1CC1. The van der Waals surface area contributed by atoms with Gasteiger partial charge in [-0.1, -0.05) is 24.4 Å². The molecule has 4 heteroatoms. The van der Waals surface area contributed by atoms with Crippen LogP contribution in [0.3, 0.4) is 0 Å². The number of halogens is 1. The van der Waals surface area contributed by atoms with Gasteiger partial charge < -0.3 is 10.1 Å². The van der Waals surface area contributed by atoms with Crippen LogP contribution in [0.15, 0.2) is 12.3 Å². The molecule has 3 nitrogen and oxygen atoms in total. The van der Waals surface area contributed by atoms with Crippen LogP contribution in [-0.4, -0.2) is 17.6 Å². The molecule has 2 saturated carbocycles. The van der Waals surface area contributed by atoms with Gasteiger partial charge in [-0.2, -0.15) is 0 Å². The quantitative estimate of drug-likeness (QED) is 0.865. The van der Waals surface area contributed by atoms with Gasteiger partial charge in [-0.15, -0.1) is 0 Å². The van der Waals surface area contributed by atoms with E-state index < -0.39 is 0 Å². The van der Waals surface area contributed by atoms with E-state index in [1.165, 1.54) is 38.5 Å². The van der Waals surface area contributed by atoms with E-state index in [0.29, 0.717) is 17.8 Å². The summed E-state index contributed by atoms with van der Waals surface area (Å²) in [5.41, 5.74) is 1.09. The van der Waals surface area contributed by atoms with Crippen molar-refractivity contribution in [1.29, 1.82) is 0 Å². The predicted molar refractivity (Wildman–Crippen MR) is 76.6 cm³/mol. The molecular weight excluding hydrogens is 260 g/mol. The standard InChI is InChI=1S/C15H21ClN2O/c16-14-9-18-15(19-10-11-3-1-2-4-11)7-12(14)8-17-13-5-6-13/h7,9,11,13,17H,1-6,8,10H2. The molecule has 0 bridgehead atoms. The van der Waals surface area contributed by atoms with Gasteiger partial charge in [0.15, 0.2) is 0 Å². The molecule has 3 rings (SSSR count). The molecule has 0 aliphatic heterocycles. The highest BCUT2D eigenvalue weighted by molar-refractivity contribution is 6.31. The largest absolute Gasteiger partial charge is 0.477 e. The molecule has 1 N–H and O–H groups in total. The Hall–Kier alpha value is -0.800. The first-order valence-corrected chi connectivity index (χ1v) is 7.69. The van der Waals surface area contributed by atoms with Crippen LogP contribution in [0.25, 0.3) is 0 Å². The minimum atomic E-state index is 0.687. The van der Waals surface area contributed by atoms with E-state index in [1.54, 1.807) is 6.20 Å². The highest BCUT2D eigenvalue weighted by Crippen LogP contribution is 2.26. The van der Waals surface area contributed by atoms with Crippen LogP contribution in [0.2, 0.25) is 5.02 Å². The monoisotopic (exact) mass is 280 g/mol. The van der Waals surface area contributed by atoms with Crippen molar-refractivity contribution in [3.8, 4) is 5.88 Å². The fourth-order valence-corrected chi connectivity index (χ4v) is 2.77. The fraction of sp³-hybridized carbons (Fsp3) is 0.667. The van der Waals surface area contributed by atoms with Gasteiger partial charge in [0.2, 0.25) is 5.88 Å². The summed E-state index contributed by atoms with van der Waals surface area (Å²) in [4.78, 5) is 4.26. The lowest BCUT2D eigenvalue weighted by molar-refractivity contribution is 0.243. The van der Waals surface area contributed by atoms with E-state index in [4.69, 9.17) is 16.3 Å². The molecule has 19 heavy (non-hydrogen) atoms. The lowest BCUT2D eigenvalue weighted by Crippen LogP contribution is -2.16. The third-order valence-corrected chi connectivity index (χ3v) is 4.35. The van der Waals surface area contributed by atoms with Crippen LogP contribution < -0.4 is 10.1 Å². The normalized spacial score (nSPS) is 19.8. The second-order valence-corrected chi connectivity index (χ2v) is 6.14. The van der Waals surface area contributed by atoms with Crippen LogP contribution >= 0.6 is 11.6 Å². The lowest BCUT2D eigenvalue weighted by atomic mass is 10.1. The summed E-state index contributed by atoms with van der Waals surface area (Å²) >= 11 is 6.17. The number of pyridine rings is 1. The molecule has 104 valence electrons. The molecule has 0 saturated heterocycles. The Labute approximate surface area is 119 Å². The van der Waals surface area contributed by atoms with Crippen LogP contribution in [0.1, 0.15) is 44.1 Å². The van der Waals surface area contributed by atoms with E-state index >= 15 is 0 Å². The van der Waals surface area contributed by atoms with Gasteiger partial charge in [-0.05, 0) is 37.2 Å². The molecule has 2 fully saturated rings. The summed E-state index contributed by atoms with van der Waals surface area (Å²) in [6, 6.07) is 2.67. The van der Waals surface area contributed by atoms with Crippen molar-refractivity contribution in [3.63, 3.8) is 0 Å². The van der Waals surface area contributed by atoms with Crippen LogP contribution in [0.4, 0.5) is 0 Å². The van der Waals surface area contributed by atoms with Gasteiger partial charge in [-0.3, -0.25) is 0 Å². The first kappa shape index (κ1) is 13.2. The molecule has 0 unspecified atom stereocenters. The highest BCUT2D eigenvalue weighted by atomic mass is 35.5. The summed E-state index contributed by atoms with van der Waals surface area (Å²) in [7, 11) is 0. The maximum Gasteiger partial charge on any atom is 0.213 e. The summed E-state index contributed by atoms with van der Waals surface area (Å²) in [5, 5.41) is 4.19. The average Bonchev–Trinajstić information content (AvgIpc) is 3.10. The third-order valence-electron chi connectivity index (χ3n) is 4.01. The second-order valence-electron chi connectivity index (χ2n) is 5.73. The molecule has 0 aromatic carbocycles. The number of nitrogens with one attached hydrogen (secondary N) is 1. The van der Waals surface area contributed by atoms with Gasteiger partial charge in [0, 0.05) is 24.8 Å². The zero-order valence-electron chi connectivity index (χ0n) is 11.2. The summed E-state index contributed by atoms with van der Waals surface area (Å²) < 4.78 is 5.81. The molecule has 2 aliphatic carbocycles. The Kier molecular flexibility index (Phi) is 4.24. The predicted octanol–water partition coefficient (Wildman–Crippen LogP) is 3.56. The number of hydrogen-bond donors (Lipinski definition) is 1. The maximum absolute atomic E-state index is 6.17. The van der Waals surface area contributed by atoms with Crippen molar-refractivity contribution < 1.29 is 4.74 Å². The smallest absolute Gasteiger partial charge is 0.213 e. The van der Waals surface area contributed by atoms with Gasteiger partial charge in [0.25, 0.3) is 0 Å². The first-order chi connectivity index (χ1) is 9.31. The van der Waals surface area contributed by atoms with E-state index in [0.717, 1.165) is 23.7 Å². The number of hydrogen-bond acceptors (Lipinski definition) is 3. The van der Waals surface area contributed by atoms with Gasteiger partial charge in [0.05, 0.1) is 11.6 Å². The summed E-state index contributed by atoms with van der Waals surface area (Å²) in [6.07, 6.45) is 9.56. The minimum absolute atomic E-state index is 0.687. The lowest BCUT2D eigenvalue weighted by Gasteiger charge is -2.12. The van der Waals surface area contributed by atoms with Crippen molar-refractivity contribution in [2.24, 2.45) is 5.92 Å². The zero-order valence-corrected chi connectivity index (χ0v) is 12.0. The van der Waals surface area contributed by atoms with Crippen molar-refractivity contribution in [1.82, 2.24) is 10.3 Å². The van der Waals surface area contributed by atoms with Crippen molar-refractivity contribution >= 4 is 11.6 Å². The van der Waals surface area contributed by atoms with Crippen LogP contribution in [0, 0.1) is 5.92 Å². The zero-order chi connectivity index (χ0) is 13.1. The summed E-state index contributed by atoms with van der Waals surface area (Å²) in [5.74, 6) is 1.43. The van der Waals surface area contributed by atoms with Crippen molar-refractivity contribution in [2.45, 2.75) is 51.1 Å². The van der Waals surface area contributed by atoms with E-state index in [2.05, 4.69) is 10.3 Å². The van der Waals surface area contributed by atoms with Gasteiger partial charge >= 0.3 is 0 Å². The topological polar surface area (TPSA) is 34.1 Å². The van der Waals surface area contributed by atoms with Crippen LogP contribution in [-0.2, 0) is 6.54 Å². The average molecular weight is 281 g/mol.